The first-order valence-corrected chi connectivity index (χ1v) is 13.8. The van der Waals surface area contributed by atoms with Crippen molar-refractivity contribution >= 4 is 23.5 Å². The molecule has 0 bridgehead atoms. The van der Waals surface area contributed by atoms with Crippen molar-refractivity contribution in [3.05, 3.63) is 53.6 Å². The Morgan fingerprint density at radius 2 is 1.87 bits per heavy atom. The summed E-state index contributed by atoms with van der Waals surface area (Å²) in [6.45, 7) is 8.18. The van der Waals surface area contributed by atoms with Gasteiger partial charge in [-0.15, -0.1) is 0 Å². The van der Waals surface area contributed by atoms with Gasteiger partial charge < -0.3 is 24.4 Å². The van der Waals surface area contributed by atoms with Crippen LogP contribution in [0.2, 0.25) is 0 Å². The molecule has 0 radical (unpaired) electrons. The van der Waals surface area contributed by atoms with E-state index in [1.54, 1.807) is 4.90 Å². The molecule has 8 heteroatoms. The second kappa shape index (κ2) is 10.3. The number of carbonyl (C=O) groups is 3. The normalized spacial score (nSPS) is 33.3. The van der Waals surface area contributed by atoms with Gasteiger partial charge in [-0.3, -0.25) is 14.4 Å². The predicted molar refractivity (Wildman–Crippen MR) is 142 cm³/mol. The lowest BCUT2D eigenvalue weighted by Crippen LogP contribution is -2.59. The van der Waals surface area contributed by atoms with E-state index in [-0.39, 0.29) is 30.9 Å². The Morgan fingerprint density at radius 3 is 2.55 bits per heavy atom. The number of amides is 2. The van der Waals surface area contributed by atoms with Crippen LogP contribution in [0.3, 0.4) is 0 Å². The maximum absolute atomic E-state index is 14.6. The Balaban J connectivity index is 1.68. The van der Waals surface area contributed by atoms with Crippen molar-refractivity contribution in [2.45, 2.75) is 70.7 Å². The molecule has 204 valence electrons. The maximum atomic E-state index is 14.6. The number of aryl methyl sites for hydroxylation is 2. The van der Waals surface area contributed by atoms with Gasteiger partial charge in [0.15, 0.2) is 0 Å². The van der Waals surface area contributed by atoms with Crippen LogP contribution in [0.5, 0.6) is 0 Å². The van der Waals surface area contributed by atoms with E-state index in [9.17, 15) is 19.5 Å². The molecule has 0 saturated carbocycles. The Labute approximate surface area is 224 Å². The second-order valence-electron chi connectivity index (χ2n) is 11.1. The summed E-state index contributed by atoms with van der Waals surface area (Å²) in [5, 5.41) is 10.5. The number of aliphatic hydroxyl groups excluding tert-OH is 1. The number of fused-ring (bicyclic) bond motifs is 2. The van der Waals surface area contributed by atoms with Crippen molar-refractivity contribution in [2.75, 3.05) is 24.7 Å². The molecule has 8 nitrogen and oxygen atoms in total. The van der Waals surface area contributed by atoms with Gasteiger partial charge in [0.1, 0.15) is 17.6 Å². The highest BCUT2D eigenvalue weighted by molar-refractivity contribution is 6.06. The second-order valence-corrected chi connectivity index (χ2v) is 11.1. The predicted octanol–water partition coefficient (Wildman–Crippen LogP) is 3.09. The smallest absolute Gasteiger partial charge is 0.312 e. The average Bonchev–Trinajstić information content (AvgIpc) is 3.30. The molecular weight excluding hydrogens is 484 g/mol. The highest BCUT2D eigenvalue weighted by Crippen LogP contribution is 2.54. The number of ether oxygens (including phenoxy) is 2. The molecule has 2 fully saturated rings. The molecule has 1 unspecified atom stereocenters. The Bertz CT molecular complexity index is 1160. The Kier molecular flexibility index (Phi) is 7.22. The summed E-state index contributed by atoms with van der Waals surface area (Å²) in [5.74, 6) is -2.95. The number of carbonyl (C=O) groups excluding carboxylic acids is 3. The number of aliphatic hydroxyl groups is 1. The summed E-state index contributed by atoms with van der Waals surface area (Å²) in [5.41, 5.74) is 1.36. The van der Waals surface area contributed by atoms with Gasteiger partial charge in [-0.05, 0) is 43.7 Å². The molecule has 4 aliphatic rings. The molecule has 5 rings (SSSR count). The topological polar surface area (TPSA) is 96.4 Å². The summed E-state index contributed by atoms with van der Waals surface area (Å²) >= 11 is 0. The number of hydrogen-bond donors (Lipinski definition) is 1. The van der Waals surface area contributed by atoms with Crippen LogP contribution in [0.1, 0.15) is 44.2 Å². The summed E-state index contributed by atoms with van der Waals surface area (Å²) in [6, 6.07) is 4.26. The first kappa shape index (κ1) is 26.6. The largest absolute Gasteiger partial charge is 0.465 e. The van der Waals surface area contributed by atoms with Crippen LogP contribution in [-0.4, -0.2) is 71.3 Å². The Morgan fingerprint density at radius 1 is 1.13 bits per heavy atom. The zero-order valence-electron chi connectivity index (χ0n) is 22.6. The molecule has 2 amide bonds. The van der Waals surface area contributed by atoms with E-state index in [2.05, 4.69) is 0 Å². The molecule has 4 heterocycles. The quantitative estimate of drug-likeness (QED) is 0.472. The fraction of sp³-hybridized carbons (Fsp3) is 0.567. The number of hydrogen-bond acceptors (Lipinski definition) is 6. The number of para-hydroxylation sites is 1. The van der Waals surface area contributed by atoms with E-state index in [0.717, 1.165) is 23.2 Å². The van der Waals surface area contributed by atoms with Gasteiger partial charge in [-0.25, -0.2) is 0 Å². The minimum atomic E-state index is -1.35. The standard InChI is InChI=1S/C30H38N2O6/c1-5-18(2)21(17-33)32-26-28(35)31(25-19(3)11-9-12-20(25)4)15-10-14-30(26)24(27(32)34)23-22(38-30)13-7-6-8-16-37-29(23)36/h7,9-14,18,21-24,26,33H,5-6,8,15-17H2,1-4H3/b13-7-/t18-,21-,22+,23-,24-,26?,30-/m0/s1. The van der Waals surface area contributed by atoms with Crippen molar-refractivity contribution in [3.8, 4) is 0 Å². The SMILES string of the molecule is CC[C@H](C)[C@H](CO)N1C(=O)[C@@H]2[C@H]3C(=O)OCCC/C=C\[C@H]3O[C@@]23C=CCN(c2c(C)cccc2C)C(=O)C13. The van der Waals surface area contributed by atoms with Crippen LogP contribution in [0.25, 0.3) is 0 Å². The molecule has 7 atom stereocenters. The lowest BCUT2D eigenvalue weighted by molar-refractivity contribution is -0.155. The zero-order valence-corrected chi connectivity index (χ0v) is 22.6. The molecule has 1 aromatic carbocycles. The van der Waals surface area contributed by atoms with E-state index in [1.807, 2.05) is 70.2 Å². The molecule has 0 aliphatic carbocycles. The van der Waals surface area contributed by atoms with Crippen LogP contribution in [0, 0.1) is 31.6 Å². The molecule has 1 N–H and O–H groups in total. The van der Waals surface area contributed by atoms with E-state index in [1.165, 1.54) is 4.90 Å². The first-order valence-electron chi connectivity index (χ1n) is 13.8. The highest BCUT2D eigenvalue weighted by Gasteiger charge is 2.72. The molecule has 2 saturated heterocycles. The van der Waals surface area contributed by atoms with Crippen LogP contribution in [0.15, 0.2) is 42.5 Å². The first-order chi connectivity index (χ1) is 18.3. The maximum Gasteiger partial charge on any atom is 0.312 e. The molecule has 4 aliphatic heterocycles. The van der Waals surface area contributed by atoms with Gasteiger partial charge in [0.2, 0.25) is 5.91 Å². The van der Waals surface area contributed by atoms with Crippen LogP contribution >= 0.6 is 0 Å². The van der Waals surface area contributed by atoms with Gasteiger partial charge in [-0.1, -0.05) is 62.8 Å². The average molecular weight is 523 g/mol. The van der Waals surface area contributed by atoms with Gasteiger partial charge in [0.25, 0.3) is 5.91 Å². The Hall–Kier alpha value is -2.97. The number of rotatable bonds is 5. The number of esters is 1. The van der Waals surface area contributed by atoms with E-state index >= 15 is 0 Å². The van der Waals surface area contributed by atoms with Gasteiger partial charge in [0.05, 0.1) is 31.3 Å². The minimum absolute atomic E-state index is 0.0725. The van der Waals surface area contributed by atoms with E-state index in [4.69, 9.17) is 9.47 Å². The van der Waals surface area contributed by atoms with E-state index < -0.39 is 41.6 Å². The van der Waals surface area contributed by atoms with Crippen LogP contribution in [-0.2, 0) is 23.9 Å². The van der Waals surface area contributed by atoms with Crippen molar-refractivity contribution in [1.82, 2.24) is 4.90 Å². The van der Waals surface area contributed by atoms with E-state index in [0.29, 0.717) is 19.4 Å². The molecule has 1 spiro atoms. The number of benzene rings is 1. The van der Waals surface area contributed by atoms with Crippen LogP contribution < -0.4 is 4.90 Å². The molecule has 38 heavy (non-hydrogen) atoms. The van der Waals surface area contributed by atoms with Gasteiger partial charge in [0, 0.05) is 12.2 Å². The number of likely N-dealkylation sites (tertiary alicyclic amines) is 1. The van der Waals surface area contributed by atoms with Crippen LogP contribution in [0.4, 0.5) is 5.69 Å². The number of anilines is 1. The summed E-state index contributed by atoms with van der Waals surface area (Å²) in [4.78, 5) is 45.6. The number of nitrogens with zero attached hydrogens (tertiary/aromatic N) is 2. The van der Waals surface area contributed by atoms with Crippen molar-refractivity contribution in [3.63, 3.8) is 0 Å². The molecule has 0 aromatic heterocycles. The minimum Gasteiger partial charge on any atom is -0.465 e. The van der Waals surface area contributed by atoms with Crippen molar-refractivity contribution in [1.29, 1.82) is 0 Å². The van der Waals surface area contributed by atoms with Gasteiger partial charge in [-0.2, -0.15) is 0 Å². The molecular formula is C30H38N2O6. The van der Waals surface area contributed by atoms with Crippen molar-refractivity contribution < 1.29 is 29.0 Å². The summed E-state index contributed by atoms with van der Waals surface area (Å²) in [6.07, 6.45) is 8.99. The third-order valence-electron chi connectivity index (χ3n) is 8.84. The third kappa shape index (κ3) is 4.00. The van der Waals surface area contributed by atoms with Gasteiger partial charge >= 0.3 is 5.97 Å². The lowest BCUT2D eigenvalue weighted by Gasteiger charge is -2.40. The van der Waals surface area contributed by atoms with Crippen molar-refractivity contribution in [2.24, 2.45) is 17.8 Å². The fourth-order valence-corrected chi connectivity index (χ4v) is 6.80. The summed E-state index contributed by atoms with van der Waals surface area (Å²) in [7, 11) is 0. The monoisotopic (exact) mass is 522 g/mol. The highest BCUT2D eigenvalue weighted by atomic mass is 16.6. The number of cyclic esters (lactones) is 1. The lowest BCUT2D eigenvalue weighted by atomic mass is 9.78. The number of allylic oxidation sites excluding steroid dienone is 1. The fourth-order valence-electron chi connectivity index (χ4n) is 6.80. The molecule has 1 aromatic rings. The third-order valence-corrected chi connectivity index (χ3v) is 8.84. The summed E-state index contributed by atoms with van der Waals surface area (Å²) < 4.78 is 12.3. The zero-order chi connectivity index (χ0) is 27.2.